The molecule has 1 saturated heterocycles. The van der Waals surface area contributed by atoms with Crippen LogP contribution in [0.2, 0.25) is 5.02 Å². The topological polar surface area (TPSA) is 65.2 Å². The number of fused-ring (bicyclic) bond motifs is 1. The molecule has 2 unspecified atom stereocenters. The molecule has 1 aliphatic heterocycles. The number of hydrogen-bond donors (Lipinski definition) is 2. The Balaban J connectivity index is 1.64. The van der Waals surface area contributed by atoms with Crippen LogP contribution in [0.4, 0.5) is 0 Å². The Bertz CT molecular complexity index is 1420. The number of aromatic nitrogens is 1. The van der Waals surface area contributed by atoms with E-state index in [1.165, 1.54) is 6.92 Å². The Kier molecular flexibility index (Phi) is 6.30. The van der Waals surface area contributed by atoms with Gasteiger partial charge in [0.05, 0.1) is 12.1 Å². The van der Waals surface area contributed by atoms with Gasteiger partial charge in [-0.1, -0.05) is 70.0 Å². The first-order valence-corrected chi connectivity index (χ1v) is 12.3. The summed E-state index contributed by atoms with van der Waals surface area (Å²) in [5.74, 6) is -0.0970. The second-order valence-electron chi connectivity index (χ2n) is 8.57. The van der Waals surface area contributed by atoms with Gasteiger partial charge >= 0.3 is 0 Å². The summed E-state index contributed by atoms with van der Waals surface area (Å²) < 4.78 is 0.973. The zero-order valence-corrected chi connectivity index (χ0v) is 20.9. The number of amides is 1. The highest BCUT2D eigenvalue weighted by Crippen LogP contribution is 2.39. The molecule has 5 nitrogen and oxygen atoms in total. The van der Waals surface area contributed by atoms with E-state index in [2.05, 4.69) is 38.5 Å². The van der Waals surface area contributed by atoms with Crippen molar-refractivity contribution in [3.05, 3.63) is 115 Å². The molecule has 0 saturated carbocycles. The van der Waals surface area contributed by atoms with Crippen LogP contribution in [-0.2, 0) is 11.2 Å². The molecule has 2 N–H and O–H groups in total. The average molecular weight is 537 g/mol. The highest BCUT2D eigenvalue weighted by Gasteiger charge is 2.37. The van der Waals surface area contributed by atoms with Crippen LogP contribution in [0.1, 0.15) is 47.7 Å². The van der Waals surface area contributed by atoms with Crippen molar-refractivity contribution in [2.24, 2.45) is 0 Å². The van der Waals surface area contributed by atoms with E-state index < -0.39 is 0 Å². The first-order chi connectivity index (χ1) is 16.4. The molecule has 1 fully saturated rings. The van der Waals surface area contributed by atoms with Gasteiger partial charge < -0.3 is 4.98 Å². The molecule has 0 spiro atoms. The summed E-state index contributed by atoms with van der Waals surface area (Å²) in [4.78, 5) is 29.0. The van der Waals surface area contributed by atoms with Crippen LogP contribution >= 0.6 is 27.5 Å². The second kappa shape index (κ2) is 9.37. The van der Waals surface area contributed by atoms with Crippen LogP contribution in [-0.4, -0.2) is 15.9 Å². The van der Waals surface area contributed by atoms with Crippen molar-refractivity contribution in [3.63, 3.8) is 0 Å². The van der Waals surface area contributed by atoms with Crippen LogP contribution in [0.5, 0.6) is 0 Å². The van der Waals surface area contributed by atoms with Gasteiger partial charge in [0.1, 0.15) is 0 Å². The molecule has 5 rings (SSSR count). The number of halogens is 2. The molecule has 0 aliphatic carbocycles. The standard InChI is InChI=1S/C27H23BrClN3O2/c1-16(33)32-25(18-7-9-19(28)10-8-18)15-24(31-32)26-22(13-17-5-3-2-4-6-17)21-14-20(29)11-12-23(21)30-27(26)34/h2-12,14,24-25,31H,13,15H2,1H3,(H,30,34). The highest BCUT2D eigenvalue weighted by atomic mass is 79.9. The maximum Gasteiger partial charge on any atom is 0.253 e. The van der Waals surface area contributed by atoms with Crippen molar-refractivity contribution in [2.45, 2.75) is 31.8 Å². The molecule has 34 heavy (non-hydrogen) atoms. The van der Waals surface area contributed by atoms with Crippen molar-refractivity contribution in [1.29, 1.82) is 0 Å². The average Bonchev–Trinajstić information content (AvgIpc) is 3.26. The first kappa shape index (κ1) is 22.8. The fourth-order valence-corrected chi connectivity index (χ4v) is 5.24. The van der Waals surface area contributed by atoms with E-state index in [0.717, 1.165) is 32.1 Å². The summed E-state index contributed by atoms with van der Waals surface area (Å²) in [7, 11) is 0. The second-order valence-corrected chi connectivity index (χ2v) is 9.92. The minimum absolute atomic E-state index is 0.0970. The molecular weight excluding hydrogens is 514 g/mol. The number of nitrogens with one attached hydrogen (secondary N) is 2. The molecule has 172 valence electrons. The Morgan fingerprint density at radius 3 is 2.53 bits per heavy atom. The van der Waals surface area contributed by atoms with Crippen molar-refractivity contribution < 1.29 is 4.79 Å². The number of pyridine rings is 1. The fourth-order valence-electron chi connectivity index (χ4n) is 4.81. The predicted octanol–water partition coefficient (Wildman–Crippen LogP) is 6.07. The van der Waals surface area contributed by atoms with Gasteiger partial charge in [-0.2, -0.15) is 0 Å². The number of aromatic amines is 1. The maximum absolute atomic E-state index is 13.4. The van der Waals surface area contributed by atoms with E-state index >= 15 is 0 Å². The van der Waals surface area contributed by atoms with Gasteiger partial charge in [0.15, 0.2) is 0 Å². The number of benzene rings is 3. The minimum Gasteiger partial charge on any atom is -0.322 e. The van der Waals surface area contributed by atoms with Crippen LogP contribution < -0.4 is 11.0 Å². The molecule has 2 heterocycles. The van der Waals surface area contributed by atoms with Crippen molar-refractivity contribution in [2.75, 3.05) is 0 Å². The Hall–Kier alpha value is -2.93. The molecule has 3 aromatic carbocycles. The van der Waals surface area contributed by atoms with Crippen molar-refractivity contribution in [3.8, 4) is 0 Å². The van der Waals surface area contributed by atoms with Gasteiger partial charge in [0.2, 0.25) is 5.91 Å². The minimum atomic E-state index is -0.330. The number of hydrogen-bond acceptors (Lipinski definition) is 3. The van der Waals surface area contributed by atoms with Crippen LogP contribution in [0.15, 0.2) is 82.1 Å². The molecule has 1 aliphatic rings. The quantitative estimate of drug-likeness (QED) is 0.332. The number of carbonyl (C=O) groups is 1. The molecule has 2 atom stereocenters. The van der Waals surface area contributed by atoms with E-state index in [-0.39, 0.29) is 23.6 Å². The molecular formula is C27H23BrClN3O2. The highest BCUT2D eigenvalue weighted by molar-refractivity contribution is 9.10. The van der Waals surface area contributed by atoms with Crippen LogP contribution in [0, 0.1) is 0 Å². The van der Waals surface area contributed by atoms with Crippen LogP contribution in [0.3, 0.4) is 0 Å². The predicted molar refractivity (Wildman–Crippen MR) is 139 cm³/mol. The molecule has 4 aromatic rings. The summed E-state index contributed by atoms with van der Waals surface area (Å²) in [6.07, 6.45) is 1.16. The molecule has 0 bridgehead atoms. The maximum atomic E-state index is 13.4. The lowest BCUT2D eigenvalue weighted by molar-refractivity contribution is -0.132. The van der Waals surface area contributed by atoms with E-state index in [1.54, 1.807) is 11.1 Å². The summed E-state index contributed by atoms with van der Waals surface area (Å²) in [5.41, 5.74) is 7.60. The smallest absolute Gasteiger partial charge is 0.253 e. The zero-order valence-electron chi connectivity index (χ0n) is 18.5. The molecule has 7 heteroatoms. The molecule has 1 aromatic heterocycles. The number of rotatable bonds is 4. The number of hydrazine groups is 1. The van der Waals surface area contributed by atoms with Gasteiger partial charge in [0.25, 0.3) is 5.56 Å². The van der Waals surface area contributed by atoms with Crippen molar-refractivity contribution >= 4 is 44.3 Å². The van der Waals surface area contributed by atoms with Gasteiger partial charge in [-0.15, -0.1) is 0 Å². The monoisotopic (exact) mass is 535 g/mol. The summed E-state index contributed by atoms with van der Waals surface area (Å²) in [6.45, 7) is 1.54. The van der Waals surface area contributed by atoms with E-state index in [1.807, 2.05) is 54.6 Å². The van der Waals surface area contributed by atoms with Crippen molar-refractivity contribution in [1.82, 2.24) is 15.4 Å². The lowest BCUT2D eigenvalue weighted by atomic mass is 9.90. The van der Waals surface area contributed by atoms with Gasteiger partial charge in [-0.25, -0.2) is 5.43 Å². The normalized spacial score (nSPS) is 17.9. The Morgan fingerprint density at radius 2 is 1.82 bits per heavy atom. The lowest BCUT2D eigenvalue weighted by Gasteiger charge is -2.23. The zero-order chi connectivity index (χ0) is 23.8. The van der Waals surface area contributed by atoms with Gasteiger partial charge in [-0.3, -0.25) is 14.6 Å². The summed E-state index contributed by atoms with van der Waals surface area (Å²) >= 11 is 9.84. The largest absolute Gasteiger partial charge is 0.322 e. The van der Waals surface area contributed by atoms with E-state index in [4.69, 9.17) is 11.6 Å². The third-order valence-electron chi connectivity index (χ3n) is 6.36. The van der Waals surface area contributed by atoms with Crippen LogP contribution in [0.25, 0.3) is 10.9 Å². The molecule has 1 amide bonds. The lowest BCUT2D eigenvalue weighted by Crippen LogP contribution is -2.39. The number of carbonyl (C=O) groups excluding carboxylic acids is 1. The SMILES string of the molecule is CC(=O)N1NC(c2c(Cc3ccccc3)c3cc(Cl)ccc3[nH]c2=O)CC1c1ccc(Br)cc1. The van der Waals surface area contributed by atoms with E-state index in [9.17, 15) is 9.59 Å². The molecule has 0 radical (unpaired) electrons. The van der Waals surface area contributed by atoms with Gasteiger partial charge in [0, 0.05) is 32.9 Å². The summed E-state index contributed by atoms with van der Waals surface area (Å²) in [5, 5.41) is 3.16. The number of H-pyrrole nitrogens is 1. The number of nitrogens with zero attached hydrogens (tertiary/aromatic N) is 1. The fraction of sp³-hybridized carbons (Fsp3) is 0.185. The Morgan fingerprint density at radius 1 is 1.09 bits per heavy atom. The van der Waals surface area contributed by atoms with Gasteiger partial charge in [-0.05, 0) is 59.9 Å². The first-order valence-electron chi connectivity index (χ1n) is 11.1. The Labute approximate surface area is 210 Å². The van der Waals surface area contributed by atoms with E-state index in [0.29, 0.717) is 23.4 Å². The third-order valence-corrected chi connectivity index (χ3v) is 7.12. The third kappa shape index (κ3) is 4.41. The summed E-state index contributed by atoms with van der Waals surface area (Å²) in [6, 6.07) is 23.0.